The SMILES string of the molecule is CCc1noc(-c2ccc(CCNC(=O)[C@@H]3CCC[C@@H]3CN)cc2)n1. The van der Waals surface area contributed by atoms with Crippen molar-refractivity contribution in [1.29, 1.82) is 0 Å². The van der Waals surface area contributed by atoms with Crippen LogP contribution in [0.2, 0.25) is 0 Å². The lowest BCUT2D eigenvalue weighted by Crippen LogP contribution is -2.36. The summed E-state index contributed by atoms with van der Waals surface area (Å²) in [6.07, 6.45) is 4.71. The van der Waals surface area contributed by atoms with E-state index in [1.54, 1.807) is 0 Å². The van der Waals surface area contributed by atoms with E-state index in [-0.39, 0.29) is 11.8 Å². The Morgan fingerprint density at radius 1 is 1.32 bits per heavy atom. The molecule has 134 valence electrons. The molecule has 6 nitrogen and oxygen atoms in total. The minimum atomic E-state index is 0.0951. The Labute approximate surface area is 148 Å². The van der Waals surface area contributed by atoms with Crippen molar-refractivity contribution in [3.8, 4) is 11.5 Å². The van der Waals surface area contributed by atoms with Gasteiger partial charge in [0.2, 0.25) is 5.91 Å². The van der Waals surface area contributed by atoms with E-state index in [1.807, 2.05) is 31.2 Å². The van der Waals surface area contributed by atoms with E-state index in [0.717, 1.165) is 37.7 Å². The van der Waals surface area contributed by atoms with Crippen molar-refractivity contribution in [3.63, 3.8) is 0 Å². The minimum absolute atomic E-state index is 0.0951. The van der Waals surface area contributed by atoms with Gasteiger partial charge in [0.05, 0.1) is 0 Å². The van der Waals surface area contributed by atoms with E-state index in [4.69, 9.17) is 10.3 Å². The van der Waals surface area contributed by atoms with Crippen LogP contribution in [0.4, 0.5) is 0 Å². The maximum Gasteiger partial charge on any atom is 0.257 e. The fourth-order valence-corrected chi connectivity index (χ4v) is 3.45. The fraction of sp³-hybridized carbons (Fsp3) is 0.526. The van der Waals surface area contributed by atoms with E-state index < -0.39 is 0 Å². The van der Waals surface area contributed by atoms with Crippen molar-refractivity contribution in [2.45, 2.75) is 39.0 Å². The molecule has 6 heteroatoms. The number of aryl methyl sites for hydroxylation is 1. The Morgan fingerprint density at radius 3 is 2.80 bits per heavy atom. The van der Waals surface area contributed by atoms with Gasteiger partial charge in [0.25, 0.3) is 5.89 Å². The molecule has 1 aliphatic carbocycles. The fourth-order valence-electron chi connectivity index (χ4n) is 3.45. The van der Waals surface area contributed by atoms with Crippen LogP contribution < -0.4 is 11.1 Å². The van der Waals surface area contributed by atoms with Crippen molar-refractivity contribution in [1.82, 2.24) is 15.5 Å². The molecule has 1 amide bonds. The van der Waals surface area contributed by atoms with Crippen molar-refractivity contribution in [3.05, 3.63) is 35.7 Å². The molecular weight excluding hydrogens is 316 g/mol. The maximum atomic E-state index is 12.3. The second-order valence-electron chi connectivity index (χ2n) is 6.64. The van der Waals surface area contributed by atoms with Gasteiger partial charge in [-0.2, -0.15) is 4.98 Å². The van der Waals surface area contributed by atoms with Gasteiger partial charge >= 0.3 is 0 Å². The van der Waals surface area contributed by atoms with Crippen molar-refractivity contribution >= 4 is 5.91 Å². The van der Waals surface area contributed by atoms with Crippen LogP contribution in [0.3, 0.4) is 0 Å². The predicted octanol–water partition coefficient (Wildman–Crippen LogP) is 2.33. The summed E-state index contributed by atoms with van der Waals surface area (Å²) in [6, 6.07) is 8.03. The number of nitrogens with two attached hydrogens (primary N) is 1. The highest BCUT2D eigenvalue weighted by Crippen LogP contribution is 2.30. The van der Waals surface area contributed by atoms with Crippen molar-refractivity contribution in [2.75, 3.05) is 13.1 Å². The van der Waals surface area contributed by atoms with Gasteiger partial charge in [-0.15, -0.1) is 0 Å². The summed E-state index contributed by atoms with van der Waals surface area (Å²) >= 11 is 0. The van der Waals surface area contributed by atoms with Crippen LogP contribution in [0.5, 0.6) is 0 Å². The molecule has 1 heterocycles. The predicted molar refractivity (Wildman–Crippen MR) is 95.7 cm³/mol. The second-order valence-corrected chi connectivity index (χ2v) is 6.64. The monoisotopic (exact) mass is 342 g/mol. The normalized spacial score (nSPS) is 19.9. The number of benzene rings is 1. The number of nitrogens with zero attached hydrogens (tertiary/aromatic N) is 2. The highest BCUT2D eigenvalue weighted by molar-refractivity contribution is 5.79. The molecule has 2 atom stereocenters. The first-order valence-electron chi connectivity index (χ1n) is 9.11. The minimum Gasteiger partial charge on any atom is -0.356 e. The van der Waals surface area contributed by atoms with Gasteiger partial charge in [0.1, 0.15) is 0 Å². The van der Waals surface area contributed by atoms with Gasteiger partial charge < -0.3 is 15.6 Å². The molecule has 1 fully saturated rings. The molecule has 3 rings (SSSR count). The Morgan fingerprint density at radius 2 is 2.12 bits per heavy atom. The summed E-state index contributed by atoms with van der Waals surface area (Å²) in [6.45, 7) is 3.24. The Hall–Kier alpha value is -2.21. The first-order valence-corrected chi connectivity index (χ1v) is 9.11. The summed E-state index contributed by atoms with van der Waals surface area (Å²) in [5.41, 5.74) is 7.84. The molecule has 0 saturated heterocycles. The lowest BCUT2D eigenvalue weighted by Gasteiger charge is -2.17. The van der Waals surface area contributed by atoms with E-state index in [9.17, 15) is 4.79 Å². The van der Waals surface area contributed by atoms with Crippen LogP contribution in [-0.2, 0) is 17.6 Å². The number of nitrogens with one attached hydrogen (secondary N) is 1. The number of carbonyl (C=O) groups is 1. The third-order valence-corrected chi connectivity index (χ3v) is 5.00. The summed E-state index contributed by atoms with van der Waals surface area (Å²) < 4.78 is 5.24. The number of aromatic nitrogens is 2. The zero-order valence-corrected chi connectivity index (χ0v) is 14.7. The molecular formula is C19H26N4O2. The lowest BCUT2D eigenvalue weighted by atomic mass is 9.95. The maximum absolute atomic E-state index is 12.3. The van der Waals surface area contributed by atoms with E-state index in [1.165, 1.54) is 5.56 Å². The van der Waals surface area contributed by atoms with Crippen LogP contribution in [0.1, 0.15) is 37.6 Å². The van der Waals surface area contributed by atoms with Crippen LogP contribution >= 0.6 is 0 Å². The molecule has 1 aromatic carbocycles. The first kappa shape index (κ1) is 17.6. The first-order chi connectivity index (χ1) is 12.2. The number of hydrogen-bond acceptors (Lipinski definition) is 5. The van der Waals surface area contributed by atoms with Gasteiger partial charge in [-0.25, -0.2) is 0 Å². The molecule has 0 bridgehead atoms. The zero-order valence-electron chi connectivity index (χ0n) is 14.7. The largest absolute Gasteiger partial charge is 0.356 e. The van der Waals surface area contributed by atoms with E-state index >= 15 is 0 Å². The van der Waals surface area contributed by atoms with Crippen LogP contribution in [0.25, 0.3) is 11.5 Å². The number of hydrogen-bond donors (Lipinski definition) is 2. The summed E-state index contributed by atoms with van der Waals surface area (Å²) in [7, 11) is 0. The summed E-state index contributed by atoms with van der Waals surface area (Å²) in [5.74, 6) is 1.86. The number of carbonyl (C=O) groups excluding carboxylic acids is 1. The lowest BCUT2D eigenvalue weighted by molar-refractivity contribution is -0.125. The average Bonchev–Trinajstić information content (AvgIpc) is 3.31. The molecule has 1 aliphatic rings. The average molecular weight is 342 g/mol. The molecule has 25 heavy (non-hydrogen) atoms. The van der Waals surface area contributed by atoms with E-state index in [0.29, 0.717) is 30.7 Å². The quantitative estimate of drug-likeness (QED) is 0.805. The van der Waals surface area contributed by atoms with Crippen LogP contribution in [-0.4, -0.2) is 29.1 Å². The standard InChI is InChI=1S/C19H26N4O2/c1-2-17-22-19(25-23-17)14-8-6-13(7-9-14)10-11-21-18(24)16-5-3-4-15(16)12-20/h6-9,15-16H,2-5,10-12,20H2,1H3,(H,21,24)/t15-,16-/m1/s1. The Kier molecular flexibility index (Phi) is 5.81. The molecule has 0 radical (unpaired) electrons. The Bertz CT molecular complexity index is 696. The molecule has 1 saturated carbocycles. The molecule has 0 spiro atoms. The summed E-state index contributed by atoms with van der Waals surface area (Å²) in [4.78, 5) is 16.6. The van der Waals surface area contributed by atoms with E-state index in [2.05, 4.69) is 15.5 Å². The molecule has 2 aromatic rings. The smallest absolute Gasteiger partial charge is 0.257 e. The van der Waals surface area contributed by atoms with Gasteiger partial charge in [-0.3, -0.25) is 4.79 Å². The van der Waals surface area contributed by atoms with Crippen molar-refractivity contribution in [2.24, 2.45) is 17.6 Å². The Balaban J connectivity index is 1.49. The van der Waals surface area contributed by atoms with Crippen LogP contribution in [0, 0.1) is 11.8 Å². The molecule has 1 aromatic heterocycles. The third kappa shape index (κ3) is 4.25. The third-order valence-electron chi connectivity index (χ3n) is 5.00. The molecule has 0 unspecified atom stereocenters. The molecule has 3 N–H and O–H groups in total. The highest BCUT2D eigenvalue weighted by atomic mass is 16.5. The van der Waals surface area contributed by atoms with Gasteiger partial charge in [0.15, 0.2) is 5.82 Å². The van der Waals surface area contributed by atoms with Crippen LogP contribution in [0.15, 0.2) is 28.8 Å². The number of amides is 1. The highest BCUT2D eigenvalue weighted by Gasteiger charge is 2.31. The topological polar surface area (TPSA) is 94.0 Å². The zero-order chi connectivity index (χ0) is 17.6. The van der Waals surface area contributed by atoms with Gasteiger partial charge in [0, 0.05) is 24.4 Å². The molecule has 0 aliphatic heterocycles. The van der Waals surface area contributed by atoms with Gasteiger partial charge in [-0.05, 0) is 49.4 Å². The van der Waals surface area contributed by atoms with Gasteiger partial charge in [-0.1, -0.05) is 30.6 Å². The van der Waals surface area contributed by atoms with Crippen molar-refractivity contribution < 1.29 is 9.32 Å². The summed E-state index contributed by atoms with van der Waals surface area (Å²) in [5, 5.41) is 6.97. The second kappa shape index (κ2) is 8.25. The number of rotatable bonds is 7.